The van der Waals surface area contributed by atoms with E-state index < -0.39 is 0 Å². The molecule has 0 bridgehead atoms. The highest BCUT2D eigenvalue weighted by Crippen LogP contribution is 2.18. The average molecular weight is 386 g/mol. The first-order valence-electron chi connectivity index (χ1n) is 9.26. The second kappa shape index (κ2) is 9.42. The van der Waals surface area contributed by atoms with Gasteiger partial charge < -0.3 is 14.6 Å². The van der Waals surface area contributed by atoms with Crippen LogP contribution in [0.4, 0.5) is 0 Å². The van der Waals surface area contributed by atoms with Crippen LogP contribution in [0.1, 0.15) is 25.6 Å². The molecule has 0 unspecified atom stereocenters. The minimum atomic E-state index is -0.132. The lowest BCUT2D eigenvalue weighted by molar-refractivity contribution is -0.123. The van der Waals surface area contributed by atoms with Gasteiger partial charge in [-0.25, -0.2) is 4.98 Å². The van der Waals surface area contributed by atoms with Crippen LogP contribution >= 0.6 is 11.6 Å². The Balaban J connectivity index is 1.45. The third-order valence-electron chi connectivity index (χ3n) is 4.26. The second-order valence-corrected chi connectivity index (χ2v) is 6.80. The molecule has 0 radical (unpaired) electrons. The van der Waals surface area contributed by atoms with Crippen LogP contribution in [0, 0.1) is 0 Å². The summed E-state index contributed by atoms with van der Waals surface area (Å²) in [6.07, 6.45) is 2.72. The highest BCUT2D eigenvalue weighted by molar-refractivity contribution is 6.30. The number of carbonyl (C=O) groups excluding carboxylic acids is 1. The van der Waals surface area contributed by atoms with E-state index in [1.807, 2.05) is 18.2 Å². The number of ether oxygens (including phenoxy) is 1. The van der Waals surface area contributed by atoms with E-state index in [2.05, 4.69) is 22.9 Å². The van der Waals surface area contributed by atoms with Crippen molar-refractivity contribution >= 4 is 28.5 Å². The van der Waals surface area contributed by atoms with Crippen LogP contribution in [-0.2, 0) is 17.8 Å². The predicted molar refractivity (Wildman–Crippen MR) is 108 cm³/mol. The summed E-state index contributed by atoms with van der Waals surface area (Å²) in [5, 5.41) is 3.53. The minimum absolute atomic E-state index is 0.00399. The van der Waals surface area contributed by atoms with Gasteiger partial charge in [-0.05, 0) is 49.2 Å². The van der Waals surface area contributed by atoms with E-state index in [0.29, 0.717) is 17.3 Å². The summed E-state index contributed by atoms with van der Waals surface area (Å²) in [4.78, 5) is 16.7. The van der Waals surface area contributed by atoms with Gasteiger partial charge in [-0.15, -0.1) is 0 Å². The Hall–Kier alpha value is -2.53. The third kappa shape index (κ3) is 5.23. The molecule has 0 aliphatic heterocycles. The number of nitrogens with zero attached hydrogens (tertiary/aromatic N) is 2. The van der Waals surface area contributed by atoms with Crippen molar-refractivity contribution in [1.29, 1.82) is 0 Å². The molecule has 1 N–H and O–H groups in total. The van der Waals surface area contributed by atoms with Crippen molar-refractivity contribution in [1.82, 2.24) is 14.9 Å². The van der Waals surface area contributed by atoms with Crippen LogP contribution in [-0.4, -0.2) is 28.6 Å². The Bertz CT molecular complexity index is 890. The SMILES string of the molecule is CCCn1c(CCCNC(=O)COc2ccc(Cl)cc2)nc2ccccc21. The lowest BCUT2D eigenvalue weighted by Crippen LogP contribution is -2.30. The molecular formula is C21H24ClN3O2. The fourth-order valence-corrected chi connectivity index (χ4v) is 3.12. The van der Waals surface area contributed by atoms with Crippen molar-refractivity contribution in [3.05, 3.63) is 59.4 Å². The van der Waals surface area contributed by atoms with Gasteiger partial charge in [0.1, 0.15) is 11.6 Å². The van der Waals surface area contributed by atoms with Gasteiger partial charge in [-0.3, -0.25) is 4.79 Å². The van der Waals surface area contributed by atoms with E-state index in [-0.39, 0.29) is 12.5 Å². The number of aryl methyl sites for hydroxylation is 2. The zero-order chi connectivity index (χ0) is 19.1. The van der Waals surface area contributed by atoms with Crippen LogP contribution in [0.25, 0.3) is 11.0 Å². The number of halogens is 1. The molecule has 0 atom stereocenters. The monoisotopic (exact) mass is 385 g/mol. The van der Waals surface area contributed by atoms with E-state index in [1.165, 1.54) is 5.52 Å². The van der Waals surface area contributed by atoms with Crippen molar-refractivity contribution < 1.29 is 9.53 Å². The van der Waals surface area contributed by atoms with Crippen LogP contribution < -0.4 is 10.1 Å². The number of para-hydroxylation sites is 2. The summed E-state index contributed by atoms with van der Waals surface area (Å²) < 4.78 is 7.72. The summed E-state index contributed by atoms with van der Waals surface area (Å²) in [7, 11) is 0. The van der Waals surface area contributed by atoms with E-state index in [1.54, 1.807) is 24.3 Å². The minimum Gasteiger partial charge on any atom is -0.484 e. The maximum absolute atomic E-state index is 11.9. The molecule has 0 aliphatic rings. The number of hydrogen-bond donors (Lipinski definition) is 1. The Labute approximate surface area is 164 Å². The summed E-state index contributed by atoms with van der Waals surface area (Å²) in [6.45, 7) is 3.71. The maximum Gasteiger partial charge on any atom is 0.257 e. The molecule has 0 aliphatic carbocycles. The number of hydrogen-bond acceptors (Lipinski definition) is 3. The molecule has 5 nitrogen and oxygen atoms in total. The molecular weight excluding hydrogens is 362 g/mol. The molecule has 2 aromatic carbocycles. The van der Waals surface area contributed by atoms with Gasteiger partial charge in [0.05, 0.1) is 11.0 Å². The summed E-state index contributed by atoms with van der Waals surface area (Å²) >= 11 is 5.82. The van der Waals surface area contributed by atoms with Crippen molar-refractivity contribution in [2.75, 3.05) is 13.2 Å². The third-order valence-corrected chi connectivity index (χ3v) is 4.52. The lowest BCUT2D eigenvalue weighted by Gasteiger charge is -2.09. The largest absolute Gasteiger partial charge is 0.484 e. The Morgan fingerprint density at radius 2 is 1.96 bits per heavy atom. The first-order valence-corrected chi connectivity index (χ1v) is 9.64. The van der Waals surface area contributed by atoms with Gasteiger partial charge in [-0.2, -0.15) is 0 Å². The zero-order valence-corrected chi connectivity index (χ0v) is 16.2. The van der Waals surface area contributed by atoms with Crippen molar-refractivity contribution in [2.24, 2.45) is 0 Å². The Morgan fingerprint density at radius 3 is 2.74 bits per heavy atom. The predicted octanol–water partition coefficient (Wildman–Crippen LogP) is 4.23. The van der Waals surface area contributed by atoms with Crippen LogP contribution in [0.15, 0.2) is 48.5 Å². The molecule has 0 spiro atoms. The maximum atomic E-state index is 11.9. The summed E-state index contributed by atoms with van der Waals surface area (Å²) in [5.41, 5.74) is 2.20. The Morgan fingerprint density at radius 1 is 1.19 bits per heavy atom. The molecule has 1 amide bonds. The van der Waals surface area contributed by atoms with E-state index >= 15 is 0 Å². The van der Waals surface area contributed by atoms with Crippen molar-refractivity contribution in [2.45, 2.75) is 32.7 Å². The molecule has 0 saturated carbocycles. The lowest BCUT2D eigenvalue weighted by atomic mass is 10.3. The molecule has 142 valence electrons. The highest BCUT2D eigenvalue weighted by atomic mass is 35.5. The van der Waals surface area contributed by atoms with Gasteiger partial charge in [0.25, 0.3) is 5.91 Å². The highest BCUT2D eigenvalue weighted by Gasteiger charge is 2.10. The smallest absolute Gasteiger partial charge is 0.257 e. The number of rotatable bonds is 9. The molecule has 0 fully saturated rings. The van der Waals surface area contributed by atoms with Crippen molar-refractivity contribution in [3.63, 3.8) is 0 Å². The van der Waals surface area contributed by atoms with E-state index in [0.717, 1.165) is 37.1 Å². The molecule has 1 aromatic heterocycles. The van der Waals surface area contributed by atoms with Crippen LogP contribution in [0.5, 0.6) is 5.75 Å². The number of imidazole rings is 1. The number of aromatic nitrogens is 2. The normalized spacial score (nSPS) is 10.9. The number of nitrogens with one attached hydrogen (secondary N) is 1. The van der Waals surface area contributed by atoms with E-state index in [4.69, 9.17) is 21.3 Å². The quantitative estimate of drug-likeness (QED) is 0.561. The first kappa shape index (κ1) is 19.2. The average Bonchev–Trinajstić information content (AvgIpc) is 3.03. The topological polar surface area (TPSA) is 56.2 Å². The van der Waals surface area contributed by atoms with Crippen LogP contribution in [0.3, 0.4) is 0 Å². The van der Waals surface area contributed by atoms with E-state index in [9.17, 15) is 4.79 Å². The fourth-order valence-electron chi connectivity index (χ4n) is 2.99. The van der Waals surface area contributed by atoms with Gasteiger partial charge in [0, 0.05) is 24.5 Å². The molecule has 0 saturated heterocycles. The fraction of sp³-hybridized carbons (Fsp3) is 0.333. The summed E-state index contributed by atoms with van der Waals surface area (Å²) in [5.74, 6) is 1.57. The number of carbonyl (C=O) groups is 1. The molecule has 3 rings (SSSR count). The van der Waals surface area contributed by atoms with Crippen molar-refractivity contribution in [3.8, 4) is 5.75 Å². The molecule has 3 aromatic rings. The first-order chi connectivity index (χ1) is 13.2. The second-order valence-electron chi connectivity index (χ2n) is 6.36. The number of fused-ring (bicyclic) bond motifs is 1. The van der Waals surface area contributed by atoms with Gasteiger partial charge in [-0.1, -0.05) is 30.7 Å². The van der Waals surface area contributed by atoms with Gasteiger partial charge in [0.2, 0.25) is 0 Å². The summed E-state index contributed by atoms with van der Waals surface area (Å²) in [6, 6.07) is 15.2. The molecule has 6 heteroatoms. The van der Waals surface area contributed by atoms with Gasteiger partial charge in [0.15, 0.2) is 6.61 Å². The molecule has 27 heavy (non-hydrogen) atoms. The zero-order valence-electron chi connectivity index (χ0n) is 15.5. The number of benzene rings is 2. The Kier molecular flexibility index (Phi) is 6.71. The number of amides is 1. The van der Waals surface area contributed by atoms with Gasteiger partial charge >= 0.3 is 0 Å². The van der Waals surface area contributed by atoms with Crippen LogP contribution in [0.2, 0.25) is 5.02 Å². The standard InChI is InChI=1S/C21H24ClN3O2/c1-2-14-25-19-7-4-3-6-18(19)24-20(25)8-5-13-23-21(26)15-27-17-11-9-16(22)10-12-17/h3-4,6-7,9-12H,2,5,8,13-15H2,1H3,(H,23,26). The molecule has 1 heterocycles.